The molecule has 0 fully saturated rings. The topological polar surface area (TPSA) is 69.7 Å². The van der Waals surface area contributed by atoms with Crippen LogP contribution in [0.15, 0.2) is 35.1 Å². The molecular weight excluding hydrogens is 204 g/mol. The molecule has 2 rings (SSSR count). The Morgan fingerprint density at radius 1 is 1.31 bits per heavy atom. The van der Waals surface area contributed by atoms with Crippen LogP contribution >= 0.6 is 0 Å². The first-order valence-corrected chi connectivity index (χ1v) is 5.35. The lowest BCUT2D eigenvalue weighted by atomic mass is 10.1. The first-order chi connectivity index (χ1) is 7.81. The summed E-state index contributed by atoms with van der Waals surface area (Å²) in [6.45, 7) is 1.52. The minimum Gasteiger partial charge on any atom is -0.391 e. The van der Waals surface area contributed by atoms with Crippen molar-refractivity contribution < 1.29 is 10.4 Å². The molecule has 2 aromatic rings. The van der Waals surface area contributed by atoms with Crippen LogP contribution in [0.1, 0.15) is 5.56 Å². The molecule has 0 radical (unpaired) electrons. The molecular formula is C12H15N2O2+. The summed E-state index contributed by atoms with van der Waals surface area (Å²) >= 11 is 0. The van der Waals surface area contributed by atoms with Gasteiger partial charge in [0.15, 0.2) is 0 Å². The van der Waals surface area contributed by atoms with Crippen molar-refractivity contribution in [1.29, 1.82) is 0 Å². The Hall–Kier alpha value is -1.65. The molecule has 1 aromatic heterocycles. The van der Waals surface area contributed by atoms with Crippen molar-refractivity contribution >= 4 is 10.9 Å². The maximum atomic E-state index is 11.4. The van der Waals surface area contributed by atoms with Crippen LogP contribution in [0.3, 0.4) is 0 Å². The van der Waals surface area contributed by atoms with Gasteiger partial charge in [-0.1, -0.05) is 18.2 Å². The van der Waals surface area contributed by atoms with E-state index in [9.17, 15) is 4.79 Å². The van der Waals surface area contributed by atoms with Crippen LogP contribution in [-0.2, 0) is 6.54 Å². The van der Waals surface area contributed by atoms with Gasteiger partial charge in [-0.05, 0) is 6.07 Å². The van der Waals surface area contributed by atoms with Crippen LogP contribution in [0, 0.1) is 0 Å². The third kappa shape index (κ3) is 2.29. The van der Waals surface area contributed by atoms with E-state index in [1.165, 1.54) is 0 Å². The highest BCUT2D eigenvalue weighted by Crippen LogP contribution is 2.12. The van der Waals surface area contributed by atoms with Gasteiger partial charge in [-0.25, -0.2) is 0 Å². The summed E-state index contributed by atoms with van der Waals surface area (Å²) in [7, 11) is 0. The van der Waals surface area contributed by atoms with E-state index in [4.69, 9.17) is 5.11 Å². The van der Waals surface area contributed by atoms with Gasteiger partial charge in [0.2, 0.25) is 5.56 Å². The molecule has 4 N–H and O–H groups in total. The van der Waals surface area contributed by atoms with E-state index in [-0.39, 0.29) is 12.2 Å². The molecule has 0 saturated carbocycles. The fourth-order valence-electron chi connectivity index (χ4n) is 1.79. The summed E-state index contributed by atoms with van der Waals surface area (Å²) in [6.07, 6.45) is 0. The van der Waals surface area contributed by atoms with Crippen molar-refractivity contribution in [2.45, 2.75) is 6.54 Å². The highest BCUT2D eigenvalue weighted by Gasteiger charge is 2.03. The number of H-pyrrole nitrogens is 1. The Bertz CT molecular complexity index is 534. The van der Waals surface area contributed by atoms with Gasteiger partial charge in [-0.3, -0.25) is 4.79 Å². The fraction of sp³-hybridized carbons (Fsp3) is 0.250. The fourth-order valence-corrected chi connectivity index (χ4v) is 1.79. The molecule has 0 aliphatic heterocycles. The van der Waals surface area contributed by atoms with E-state index in [1.54, 1.807) is 6.07 Å². The van der Waals surface area contributed by atoms with Crippen molar-refractivity contribution in [2.24, 2.45) is 0 Å². The second-order valence-corrected chi connectivity index (χ2v) is 3.71. The molecule has 0 amide bonds. The van der Waals surface area contributed by atoms with Gasteiger partial charge in [0.1, 0.15) is 6.54 Å². The number of pyridine rings is 1. The maximum Gasteiger partial charge on any atom is 0.248 e. The van der Waals surface area contributed by atoms with Crippen molar-refractivity contribution in [2.75, 3.05) is 13.2 Å². The number of quaternary nitrogens is 1. The summed E-state index contributed by atoms with van der Waals surface area (Å²) in [5.41, 5.74) is 1.79. The number of fused-ring (bicyclic) bond motifs is 1. The van der Waals surface area contributed by atoms with E-state index in [2.05, 4.69) is 4.98 Å². The molecule has 1 aromatic carbocycles. The number of hydrogen-bond donors (Lipinski definition) is 3. The number of aromatic nitrogens is 1. The van der Waals surface area contributed by atoms with E-state index in [1.807, 2.05) is 29.6 Å². The summed E-state index contributed by atoms with van der Waals surface area (Å²) in [5, 5.41) is 11.8. The summed E-state index contributed by atoms with van der Waals surface area (Å²) in [6, 6.07) is 9.37. The molecule has 0 atom stereocenters. The Morgan fingerprint density at radius 2 is 2.12 bits per heavy atom. The zero-order valence-corrected chi connectivity index (χ0v) is 8.94. The first-order valence-electron chi connectivity index (χ1n) is 5.35. The number of aromatic amines is 1. The predicted octanol–water partition coefficient (Wildman–Crippen LogP) is -0.416. The standard InChI is InChI=1S/C12H14N2O2/c15-6-5-13-8-9-7-12(16)14-11-4-2-1-3-10(9)11/h1-4,7,13,15H,5-6,8H2,(H,14,16)/p+1. The van der Waals surface area contributed by atoms with Gasteiger partial charge in [0, 0.05) is 22.5 Å². The van der Waals surface area contributed by atoms with Crippen molar-refractivity contribution in [1.82, 2.24) is 4.98 Å². The number of nitrogens with two attached hydrogens (primary N) is 1. The average Bonchev–Trinajstić information content (AvgIpc) is 2.29. The Labute approximate surface area is 92.9 Å². The summed E-state index contributed by atoms with van der Waals surface area (Å²) in [4.78, 5) is 14.2. The highest BCUT2D eigenvalue weighted by molar-refractivity contribution is 5.81. The minimum atomic E-state index is -0.0777. The second-order valence-electron chi connectivity index (χ2n) is 3.71. The van der Waals surface area contributed by atoms with Gasteiger partial charge >= 0.3 is 0 Å². The molecule has 4 nitrogen and oxygen atoms in total. The molecule has 0 bridgehead atoms. The van der Waals surface area contributed by atoms with Crippen LogP contribution in [0.2, 0.25) is 0 Å². The number of aliphatic hydroxyl groups is 1. The van der Waals surface area contributed by atoms with Gasteiger partial charge in [0.05, 0.1) is 13.2 Å². The number of hydrogen-bond acceptors (Lipinski definition) is 2. The maximum absolute atomic E-state index is 11.4. The SMILES string of the molecule is O=c1cc(C[NH2+]CCO)c2ccccc2[nH]1. The normalized spacial score (nSPS) is 10.8. The zero-order chi connectivity index (χ0) is 11.4. The Balaban J connectivity index is 2.38. The van der Waals surface area contributed by atoms with Gasteiger partial charge in [-0.2, -0.15) is 0 Å². The minimum absolute atomic E-state index is 0.0777. The Morgan fingerprint density at radius 3 is 2.94 bits per heavy atom. The molecule has 0 unspecified atom stereocenters. The molecule has 0 spiro atoms. The highest BCUT2D eigenvalue weighted by atomic mass is 16.3. The molecule has 0 saturated heterocycles. The van der Waals surface area contributed by atoms with Crippen LogP contribution in [0.4, 0.5) is 0 Å². The largest absolute Gasteiger partial charge is 0.391 e. The molecule has 4 heteroatoms. The molecule has 0 aliphatic carbocycles. The molecule has 16 heavy (non-hydrogen) atoms. The Kier molecular flexibility index (Phi) is 3.34. The quantitative estimate of drug-likeness (QED) is 0.611. The van der Waals surface area contributed by atoms with E-state index >= 15 is 0 Å². The lowest BCUT2D eigenvalue weighted by molar-refractivity contribution is -0.671. The molecule has 1 heterocycles. The third-order valence-electron chi connectivity index (χ3n) is 2.53. The summed E-state index contributed by atoms with van der Waals surface area (Å²) < 4.78 is 0. The van der Waals surface area contributed by atoms with Gasteiger partial charge in [-0.15, -0.1) is 0 Å². The number of benzene rings is 1. The van der Waals surface area contributed by atoms with E-state index in [0.29, 0.717) is 13.1 Å². The van der Waals surface area contributed by atoms with E-state index < -0.39 is 0 Å². The average molecular weight is 219 g/mol. The van der Waals surface area contributed by atoms with Crippen molar-refractivity contribution in [3.8, 4) is 0 Å². The van der Waals surface area contributed by atoms with E-state index in [0.717, 1.165) is 16.5 Å². The van der Waals surface area contributed by atoms with Crippen molar-refractivity contribution in [3.63, 3.8) is 0 Å². The smallest absolute Gasteiger partial charge is 0.248 e. The number of rotatable bonds is 4. The number of nitrogens with one attached hydrogen (secondary N) is 1. The lowest BCUT2D eigenvalue weighted by Gasteiger charge is -2.04. The van der Waals surface area contributed by atoms with Crippen LogP contribution in [-0.4, -0.2) is 23.2 Å². The predicted molar refractivity (Wildman–Crippen MR) is 62.2 cm³/mol. The number of para-hydroxylation sites is 1. The monoisotopic (exact) mass is 219 g/mol. The molecule has 84 valence electrons. The van der Waals surface area contributed by atoms with Gasteiger partial charge < -0.3 is 15.4 Å². The second kappa shape index (κ2) is 4.92. The van der Waals surface area contributed by atoms with Gasteiger partial charge in [0.25, 0.3) is 0 Å². The third-order valence-corrected chi connectivity index (χ3v) is 2.53. The van der Waals surface area contributed by atoms with Crippen LogP contribution in [0.25, 0.3) is 10.9 Å². The summed E-state index contributed by atoms with van der Waals surface area (Å²) in [5.74, 6) is 0. The van der Waals surface area contributed by atoms with Crippen LogP contribution < -0.4 is 10.9 Å². The van der Waals surface area contributed by atoms with Crippen molar-refractivity contribution in [3.05, 3.63) is 46.2 Å². The first kappa shape index (κ1) is 10.9. The molecule has 0 aliphatic rings. The van der Waals surface area contributed by atoms with Crippen LogP contribution in [0.5, 0.6) is 0 Å². The zero-order valence-electron chi connectivity index (χ0n) is 8.94. The number of aliphatic hydroxyl groups excluding tert-OH is 1. The lowest BCUT2D eigenvalue weighted by Crippen LogP contribution is -2.83.